The van der Waals surface area contributed by atoms with Crippen LogP contribution in [0.2, 0.25) is 0 Å². The van der Waals surface area contributed by atoms with Gasteiger partial charge in [-0.15, -0.1) is 0 Å². The van der Waals surface area contributed by atoms with E-state index in [1.807, 2.05) is 6.92 Å². The zero-order valence-electron chi connectivity index (χ0n) is 6.13. The molecule has 0 aromatic rings. The first-order chi connectivity index (χ1) is 4.72. The van der Waals surface area contributed by atoms with Crippen LogP contribution in [0.25, 0.3) is 0 Å². The second kappa shape index (κ2) is 3.01. The van der Waals surface area contributed by atoms with Crippen molar-refractivity contribution < 1.29 is 9.90 Å². The van der Waals surface area contributed by atoms with E-state index in [4.69, 9.17) is 5.11 Å². The molecule has 1 aliphatic heterocycles. The highest BCUT2D eigenvalue weighted by molar-refractivity contribution is 5.70. The summed E-state index contributed by atoms with van der Waals surface area (Å²) in [6.45, 7) is 3.60. The van der Waals surface area contributed by atoms with Gasteiger partial charge in [0.1, 0.15) is 0 Å². The Kier molecular flexibility index (Phi) is 2.27. The number of carbonyl (C=O) groups is 1. The predicted octanol–water partition coefficient (Wildman–Crippen LogP) is 0.317. The van der Waals surface area contributed by atoms with Crippen molar-refractivity contribution in [2.75, 3.05) is 13.1 Å². The molecule has 1 heterocycles. The number of rotatable bonds is 1. The Bertz CT molecular complexity index is 136. The number of carboxylic acid groups (broad SMARTS) is 1. The van der Waals surface area contributed by atoms with E-state index in [0.29, 0.717) is 12.5 Å². The molecule has 1 aliphatic rings. The summed E-state index contributed by atoms with van der Waals surface area (Å²) in [4.78, 5) is 10.5. The molecule has 0 radical (unpaired) electrons. The van der Waals surface area contributed by atoms with Crippen molar-refractivity contribution in [2.45, 2.75) is 13.3 Å². The number of nitrogens with one attached hydrogen (secondary N) is 1. The normalized spacial score (nSPS) is 33.7. The lowest BCUT2D eigenvalue weighted by Crippen LogP contribution is -2.39. The lowest BCUT2D eigenvalue weighted by atomic mass is 9.88. The van der Waals surface area contributed by atoms with E-state index in [9.17, 15) is 4.79 Å². The van der Waals surface area contributed by atoms with E-state index in [2.05, 4.69) is 5.32 Å². The average molecular weight is 143 g/mol. The molecule has 0 amide bonds. The van der Waals surface area contributed by atoms with Gasteiger partial charge in [0.15, 0.2) is 0 Å². The maximum atomic E-state index is 10.5. The molecular formula is C7H13NO2. The molecule has 3 heteroatoms. The highest BCUT2D eigenvalue weighted by Crippen LogP contribution is 2.17. The van der Waals surface area contributed by atoms with Gasteiger partial charge < -0.3 is 10.4 Å². The van der Waals surface area contributed by atoms with Gasteiger partial charge in [-0.3, -0.25) is 4.79 Å². The van der Waals surface area contributed by atoms with Crippen molar-refractivity contribution in [3.63, 3.8) is 0 Å². The van der Waals surface area contributed by atoms with Gasteiger partial charge in [0.2, 0.25) is 0 Å². The summed E-state index contributed by atoms with van der Waals surface area (Å²) < 4.78 is 0. The summed E-state index contributed by atoms with van der Waals surface area (Å²) >= 11 is 0. The topological polar surface area (TPSA) is 49.3 Å². The van der Waals surface area contributed by atoms with Crippen LogP contribution in [0, 0.1) is 11.8 Å². The largest absolute Gasteiger partial charge is 0.481 e. The summed E-state index contributed by atoms with van der Waals surface area (Å²) in [5, 5.41) is 11.7. The summed E-state index contributed by atoms with van der Waals surface area (Å²) in [7, 11) is 0. The maximum Gasteiger partial charge on any atom is 0.308 e. The van der Waals surface area contributed by atoms with E-state index in [1.54, 1.807) is 0 Å². The molecule has 0 aliphatic carbocycles. The van der Waals surface area contributed by atoms with E-state index in [-0.39, 0.29) is 5.92 Å². The molecule has 0 bridgehead atoms. The van der Waals surface area contributed by atoms with Crippen LogP contribution in [0.4, 0.5) is 0 Å². The second-order valence-electron chi connectivity index (χ2n) is 2.91. The van der Waals surface area contributed by atoms with Gasteiger partial charge in [-0.25, -0.2) is 0 Å². The molecule has 1 saturated heterocycles. The number of hydrogen-bond acceptors (Lipinski definition) is 2. The van der Waals surface area contributed by atoms with E-state index in [1.165, 1.54) is 0 Å². The van der Waals surface area contributed by atoms with E-state index in [0.717, 1.165) is 13.0 Å². The molecule has 58 valence electrons. The third kappa shape index (κ3) is 1.48. The standard InChI is InChI=1S/C7H13NO2/c1-5-2-3-8-4-6(5)7(9)10/h5-6,8H,2-4H2,1H3,(H,9,10)/t5-,6+/m0/s1. The van der Waals surface area contributed by atoms with Crippen LogP contribution < -0.4 is 5.32 Å². The van der Waals surface area contributed by atoms with Crippen LogP contribution >= 0.6 is 0 Å². The van der Waals surface area contributed by atoms with Crippen LogP contribution in [-0.4, -0.2) is 24.2 Å². The van der Waals surface area contributed by atoms with Crippen molar-refractivity contribution in [3.05, 3.63) is 0 Å². The number of piperidine rings is 1. The van der Waals surface area contributed by atoms with Crippen LogP contribution in [0.15, 0.2) is 0 Å². The van der Waals surface area contributed by atoms with Gasteiger partial charge in [0, 0.05) is 6.54 Å². The fourth-order valence-corrected chi connectivity index (χ4v) is 1.32. The molecule has 0 unspecified atom stereocenters. The van der Waals surface area contributed by atoms with E-state index >= 15 is 0 Å². The number of hydrogen-bond donors (Lipinski definition) is 2. The molecular weight excluding hydrogens is 130 g/mol. The number of aliphatic carboxylic acids is 1. The van der Waals surface area contributed by atoms with Gasteiger partial charge >= 0.3 is 5.97 Å². The predicted molar refractivity (Wildman–Crippen MR) is 37.8 cm³/mol. The van der Waals surface area contributed by atoms with Crippen molar-refractivity contribution in [3.8, 4) is 0 Å². The first-order valence-electron chi connectivity index (χ1n) is 3.65. The Hall–Kier alpha value is -0.570. The zero-order chi connectivity index (χ0) is 7.56. The van der Waals surface area contributed by atoms with Crippen LogP contribution in [-0.2, 0) is 4.79 Å². The highest BCUT2D eigenvalue weighted by Gasteiger charge is 2.26. The molecule has 1 fully saturated rings. The summed E-state index contributed by atoms with van der Waals surface area (Å²) in [6, 6.07) is 0. The monoisotopic (exact) mass is 143 g/mol. The molecule has 2 atom stereocenters. The van der Waals surface area contributed by atoms with E-state index < -0.39 is 5.97 Å². The minimum Gasteiger partial charge on any atom is -0.481 e. The molecule has 3 nitrogen and oxygen atoms in total. The molecule has 10 heavy (non-hydrogen) atoms. The quantitative estimate of drug-likeness (QED) is 0.555. The van der Waals surface area contributed by atoms with Crippen LogP contribution in [0.5, 0.6) is 0 Å². The Morgan fingerprint density at radius 1 is 1.70 bits per heavy atom. The lowest BCUT2D eigenvalue weighted by Gasteiger charge is -2.25. The van der Waals surface area contributed by atoms with Gasteiger partial charge in [0.25, 0.3) is 0 Å². The summed E-state index contributed by atoms with van der Waals surface area (Å²) in [5.74, 6) is -0.507. The molecule has 0 spiro atoms. The third-order valence-electron chi connectivity index (χ3n) is 2.14. The highest BCUT2D eigenvalue weighted by atomic mass is 16.4. The second-order valence-corrected chi connectivity index (χ2v) is 2.91. The molecule has 0 saturated carbocycles. The Morgan fingerprint density at radius 3 is 2.80 bits per heavy atom. The Morgan fingerprint density at radius 2 is 2.40 bits per heavy atom. The van der Waals surface area contributed by atoms with Gasteiger partial charge in [-0.2, -0.15) is 0 Å². The minimum atomic E-state index is -0.667. The van der Waals surface area contributed by atoms with Crippen molar-refractivity contribution in [1.29, 1.82) is 0 Å². The lowest BCUT2D eigenvalue weighted by molar-refractivity contribution is -0.143. The SMILES string of the molecule is C[C@H]1CCNC[C@H]1C(=O)O. The fraction of sp³-hybridized carbons (Fsp3) is 0.857. The third-order valence-corrected chi connectivity index (χ3v) is 2.14. The van der Waals surface area contributed by atoms with Crippen molar-refractivity contribution >= 4 is 5.97 Å². The molecule has 1 rings (SSSR count). The number of carboxylic acids is 1. The van der Waals surface area contributed by atoms with Gasteiger partial charge in [0.05, 0.1) is 5.92 Å². The van der Waals surface area contributed by atoms with Crippen LogP contribution in [0.3, 0.4) is 0 Å². The van der Waals surface area contributed by atoms with Crippen molar-refractivity contribution in [1.82, 2.24) is 5.32 Å². The fourth-order valence-electron chi connectivity index (χ4n) is 1.32. The first kappa shape index (κ1) is 7.54. The minimum absolute atomic E-state index is 0.172. The average Bonchev–Trinajstić information content (AvgIpc) is 1.88. The maximum absolute atomic E-state index is 10.5. The Labute approximate surface area is 60.4 Å². The Balaban J connectivity index is 2.47. The smallest absolute Gasteiger partial charge is 0.308 e. The first-order valence-corrected chi connectivity index (χ1v) is 3.65. The molecule has 0 aromatic carbocycles. The zero-order valence-corrected chi connectivity index (χ0v) is 6.13. The molecule has 0 aromatic heterocycles. The summed E-state index contributed by atoms with van der Waals surface area (Å²) in [5.41, 5.74) is 0. The van der Waals surface area contributed by atoms with Crippen molar-refractivity contribution in [2.24, 2.45) is 11.8 Å². The van der Waals surface area contributed by atoms with Gasteiger partial charge in [-0.1, -0.05) is 6.92 Å². The van der Waals surface area contributed by atoms with Gasteiger partial charge in [-0.05, 0) is 18.9 Å². The van der Waals surface area contributed by atoms with Crippen LogP contribution in [0.1, 0.15) is 13.3 Å². The summed E-state index contributed by atoms with van der Waals surface area (Å²) in [6.07, 6.45) is 0.983. The molecule has 2 N–H and O–H groups in total.